The van der Waals surface area contributed by atoms with Gasteiger partial charge in [-0.1, -0.05) is 30.3 Å². The number of carbonyl (C=O) groups is 1. The van der Waals surface area contributed by atoms with Crippen molar-refractivity contribution in [1.82, 2.24) is 9.80 Å². The summed E-state index contributed by atoms with van der Waals surface area (Å²) >= 11 is 0. The van der Waals surface area contributed by atoms with Gasteiger partial charge in [0.2, 0.25) is 5.91 Å². The molecule has 0 aromatic heterocycles. The minimum Gasteiger partial charge on any atom is -0.380 e. The molecule has 2 aliphatic rings. The first-order valence-electron chi connectivity index (χ1n) is 9.51. The number of hydrogen-bond donors (Lipinski definition) is 0. The molecule has 0 N–H and O–H groups in total. The molecule has 0 radical (unpaired) electrons. The lowest BCUT2D eigenvalue weighted by molar-refractivity contribution is -0.139. The zero-order valence-corrected chi connectivity index (χ0v) is 15.4. The van der Waals surface area contributed by atoms with Crippen molar-refractivity contribution < 1.29 is 18.3 Å². The molecule has 1 amide bonds. The SMILES string of the molecule is CCOC[C@@H]1CC(F)(F)CN1C1CN(C(=O)CCCc2ccccc2)C1. The second kappa shape index (κ2) is 8.44. The summed E-state index contributed by atoms with van der Waals surface area (Å²) in [6.45, 7) is 3.65. The molecule has 0 saturated carbocycles. The molecule has 0 unspecified atom stereocenters. The molecule has 2 saturated heterocycles. The molecule has 2 aliphatic heterocycles. The molecule has 0 bridgehead atoms. The van der Waals surface area contributed by atoms with Gasteiger partial charge in [0.1, 0.15) is 0 Å². The summed E-state index contributed by atoms with van der Waals surface area (Å²) in [7, 11) is 0. The van der Waals surface area contributed by atoms with Gasteiger partial charge < -0.3 is 9.64 Å². The Bertz CT molecular complexity index is 591. The van der Waals surface area contributed by atoms with E-state index in [9.17, 15) is 13.6 Å². The van der Waals surface area contributed by atoms with Gasteiger partial charge in [0, 0.05) is 44.6 Å². The monoisotopic (exact) mass is 366 g/mol. The third-order valence-electron chi connectivity index (χ3n) is 5.31. The summed E-state index contributed by atoms with van der Waals surface area (Å²) < 4.78 is 33.0. The predicted molar refractivity (Wildman–Crippen MR) is 96.3 cm³/mol. The molecular weight excluding hydrogens is 338 g/mol. The van der Waals surface area contributed by atoms with Crippen molar-refractivity contribution in [2.45, 2.75) is 50.6 Å². The van der Waals surface area contributed by atoms with Crippen molar-refractivity contribution in [2.75, 3.05) is 32.8 Å². The lowest BCUT2D eigenvalue weighted by Crippen LogP contribution is -2.62. The van der Waals surface area contributed by atoms with Crippen LogP contribution in [0.15, 0.2) is 30.3 Å². The van der Waals surface area contributed by atoms with Gasteiger partial charge in [-0.05, 0) is 25.3 Å². The highest BCUT2D eigenvalue weighted by Crippen LogP contribution is 2.35. The van der Waals surface area contributed by atoms with Crippen LogP contribution < -0.4 is 0 Å². The molecule has 4 nitrogen and oxygen atoms in total. The van der Waals surface area contributed by atoms with Gasteiger partial charge in [-0.2, -0.15) is 0 Å². The minimum atomic E-state index is -2.65. The number of alkyl halides is 2. The van der Waals surface area contributed by atoms with Crippen LogP contribution in [0.1, 0.15) is 31.7 Å². The number of aryl methyl sites for hydroxylation is 1. The van der Waals surface area contributed by atoms with E-state index in [-0.39, 0.29) is 31.0 Å². The molecule has 2 fully saturated rings. The van der Waals surface area contributed by atoms with Crippen LogP contribution in [-0.2, 0) is 16.0 Å². The van der Waals surface area contributed by atoms with Crippen LogP contribution in [0, 0.1) is 0 Å². The molecule has 1 atom stereocenters. The van der Waals surface area contributed by atoms with E-state index in [0.29, 0.717) is 32.7 Å². The van der Waals surface area contributed by atoms with Gasteiger partial charge in [-0.3, -0.25) is 9.69 Å². The Labute approximate surface area is 154 Å². The average Bonchev–Trinajstić information content (AvgIpc) is 2.87. The molecule has 1 aromatic rings. The van der Waals surface area contributed by atoms with Gasteiger partial charge in [-0.25, -0.2) is 8.78 Å². The fourth-order valence-corrected chi connectivity index (χ4v) is 3.87. The van der Waals surface area contributed by atoms with Gasteiger partial charge in [0.15, 0.2) is 0 Å². The number of halogens is 2. The average molecular weight is 366 g/mol. The third kappa shape index (κ3) is 4.80. The first-order valence-corrected chi connectivity index (χ1v) is 9.51. The van der Waals surface area contributed by atoms with E-state index in [1.165, 1.54) is 5.56 Å². The molecule has 144 valence electrons. The predicted octanol–water partition coefficient (Wildman–Crippen LogP) is 2.97. The molecule has 6 heteroatoms. The fourth-order valence-electron chi connectivity index (χ4n) is 3.87. The molecule has 0 spiro atoms. The molecule has 1 aromatic carbocycles. The largest absolute Gasteiger partial charge is 0.380 e. The van der Waals surface area contributed by atoms with Crippen molar-refractivity contribution in [1.29, 1.82) is 0 Å². The number of benzene rings is 1. The first-order chi connectivity index (χ1) is 12.5. The summed E-state index contributed by atoms with van der Waals surface area (Å²) in [5, 5.41) is 0. The van der Waals surface area contributed by atoms with Crippen LogP contribution in [0.4, 0.5) is 8.78 Å². The fraction of sp³-hybridized carbons (Fsp3) is 0.650. The van der Waals surface area contributed by atoms with E-state index < -0.39 is 5.92 Å². The minimum absolute atomic E-state index is 0.0342. The molecule has 26 heavy (non-hydrogen) atoms. The van der Waals surface area contributed by atoms with Crippen LogP contribution in [0.3, 0.4) is 0 Å². The Morgan fingerprint density at radius 2 is 2.00 bits per heavy atom. The number of hydrogen-bond acceptors (Lipinski definition) is 3. The summed E-state index contributed by atoms with van der Waals surface area (Å²) in [6.07, 6.45) is 2.08. The first kappa shape index (κ1) is 19.2. The summed E-state index contributed by atoms with van der Waals surface area (Å²) in [4.78, 5) is 15.9. The maximum Gasteiger partial charge on any atom is 0.262 e. The van der Waals surface area contributed by atoms with E-state index in [4.69, 9.17) is 4.74 Å². The lowest BCUT2D eigenvalue weighted by atomic mass is 10.0. The Kier molecular flexibility index (Phi) is 6.24. The van der Waals surface area contributed by atoms with Crippen LogP contribution in [-0.4, -0.2) is 66.6 Å². The second-order valence-electron chi connectivity index (χ2n) is 7.34. The standard InChI is InChI=1S/C20H28F2N2O2/c1-2-26-14-17-11-20(21,22)15-24(17)18-12-23(13-18)19(25)10-6-9-16-7-4-3-5-8-16/h3-5,7-8,17-18H,2,6,9-15H2,1H3/t17-/m0/s1. The highest BCUT2D eigenvalue weighted by molar-refractivity contribution is 5.77. The van der Waals surface area contributed by atoms with Gasteiger partial charge >= 0.3 is 0 Å². The number of rotatable bonds is 8. The van der Waals surface area contributed by atoms with E-state index in [2.05, 4.69) is 12.1 Å². The maximum absolute atomic E-state index is 13.8. The van der Waals surface area contributed by atoms with Crippen LogP contribution >= 0.6 is 0 Å². The van der Waals surface area contributed by atoms with E-state index >= 15 is 0 Å². The summed E-state index contributed by atoms with van der Waals surface area (Å²) in [5.41, 5.74) is 1.24. The smallest absolute Gasteiger partial charge is 0.262 e. The summed E-state index contributed by atoms with van der Waals surface area (Å²) in [5.74, 6) is -2.52. The molecule has 2 heterocycles. The zero-order valence-electron chi connectivity index (χ0n) is 15.4. The van der Waals surface area contributed by atoms with Crippen molar-refractivity contribution in [2.24, 2.45) is 0 Å². The highest BCUT2D eigenvalue weighted by Gasteiger charge is 2.50. The number of amides is 1. The van der Waals surface area contributed by atoms with E-state index in [0.717, 1.165) is 12.8 Å². The number of carbonyl (C=O) groups excluding carboxylic acids is 1. The third-order valence-corrected chi connectivity index (χ3v) is 5.31. The second-order valence-corrected chi connectivity index (χ2v) is 7.34. The zero-order chi connectivity index (χ0) is 18.6. The van der Waals surface area contributed by atoms with Gasteiger partial charge in [-0.15, -0.1) is 0 Å². The summed E-state index contributed by atoms with van der Waals surface area (Å²) in [6, 6.07) is 9.91. The Morgan fingerprint density at radius 1 is 1.27 bits per heavy atom. The maximum atomic E-state index is 13.8. The van der Waals surface area contributed by atoms with Crippen LogP contribution in [0.5, 0.6) is 0 Å². The number of nitrogens with zero attached hydrogens (tertiary/aromatic N) is 2. The van der Waals surface area contributed by atoms with Crippen LogP contribution in [0.25, 0.3) is 0 Å². The van der Waals surface area contributed by atoms with Crippen molar-refractivity contribution in [3.8, 4) is 0 Å². The normalized spacial score (nSPS) is 23.2. The van der Waals surface area contributed by atoms with Gasteiger partial charge in [0.25, 0.3) is 5.92 Å². The van der Waals surface area contributed by atoms with Gasteiger partial charge in [0.05, 0.1) is 13.2 Å². The topological polar surface area (TPSA) is 32.8 Å². The van der Waals surface area contributed by atoms with Crippen LogP contribution in [0.2, 0.25) is 0 Å². The van der Waals surface area contributed by atoms with E-state index in [1.807, 2.05) is 30.0 Å². The Hall–Kier alpha value is -1.53. The molecular formula is C20H28F2N2O2. The number of ether oxygens (including phenoxy) is 1. The molecule has 3 rings (SSSR count). The van der Waals surface area contributed by atoms with Crippen molar-refractivity contribution >= 4 is 5.91 Å². The highest BCUT2D eigenvalue weighted by atomic mass is 19.3. The lowest BCUT2D eigenvalue weighted by Gasteiger charge is -2.46. The Balaban J connectivity index is 1.41. The molecule has 0 aliphatic carbocycles. The quantitative estimate of drug-likeness (QED) is 0.709. The van der Waals surface area contributed by atoms with E-state index in [1.54, 1.807) is 4.90 Å². The van der Waals surface area contributed by atoms with Crippen molar-refractivity contribution in [3.05, 3.63) is 35.9 Å². The number of likely N-dealkylation sites (tertiary alicyclic amines) is 2. The van der Waals surface area contributed by atoms with Crippen molar-refractivity contribution in [3.63, 3.8) is 0 Å². The Morgan fingerprint density at radius 3 is 2.69 bits per heavy atom.